The van der Waals surface area contributed by atoms with E-state index in [-0.39, 0.29) is 14.9 Å². The van der Waals surface area contributed by atoms with Crippen LogP contribution in [0.1, 0.15) is 74.7 Å². The van der Waals surface area contributed by atoms with Crippen molar-refractivity contribution in [3.63, 3.8) is 0 Å². The lowest BCUT2D eigenvalue weighted by Gasteiger charge is -2.40. The van der Waals surface area contributed by atoms with Crippen LogP contribution < -0.4 is 0 Å². The Balaban J connectivity index is 0. The minimum atomic E-state index is -0.471. The van der Waals surface area contributed by atoms with Crippen molar-refractivity contribution in [3.05, 3.63) is 0 Å². The first-order chi connectivity index (χ1) is 6.47. The molecule has 0 amide bonds. The van der Waals surface area contributed by atoms with Crippen LogP contribution in [0.3, 0.4) is 0 Å². The Kier molecular flexibility index (Phi) is 8.38. The zero-order valence-corrected chi connectivity index (χ0v) is 10.2. The Morgan fingerprint density at radius 2 is 1.31 bits per heavy atom. The molecular weight excluding hydrogens is 196 g/mol. The van der Waals surface area contributed by atoms with E-state index in [0.717, 1.165) is 11.8 Å². The van der Waals surface area contributed by atoms with Gasteiger partial charge >= 0.3 is 0 Å². The van der Waals surface area contributed by atoms with Gasteiger partial charge in [-0.2, -0.15) is 0 Å². The largest absolute Gasteiger partial charge is 0.390 e. The van der Waals surface area contributed by atoms with Gasteiger partial charge in [0.2, 0.25) is 0 Å². The summed E-state index contributed by atoms with van der Waals surface area (Å²) in [6, 6.07) is 0. The van der Waals surface area contributed by atoms with E-state index in [0.29, 0.717) is 5.92 Å². The molecule has 0 spiro atoms. The molecule has 0 aromatic heterocycles. The van der Waals surface area contributed by atoms with Gasteiger partial charge in [0.25, 0.3) is 0 Å². The van der Waals surface area contributed by atoms with Crippen molar-refractivity contribution in [1.82, 2.24) is 0 Å². The molecule has 1 aliphatic rings. The van der Waals surface area contributed by atoms with Crippen LogP contribution in [0.5, 0.6) is 0 Å². The molecule has 1 saturated carbocycles. The Morgan fingerprint density at radius 3 is 1.56 bits per heavy atom. The van der Waals surface area contributed by atoms with Crippen LogP contribution in [0.4, 0.5) is 0 Å². The molecule has 0 aromatic rings. The van der Waals surface area contributed by atoms with Crippen LogP contribution in [-0.4, -0.2) is 10.7 Å². The zero-order chi connectivity index (χ0) is 10.8. The van der Waals surface area contributed by atoms with Gasteiger partial charge in [-0.25, -0.2) is 0 Å². The van der Waals surface area contributed by atoms with Gasteiger partial charge in [-0.3, -0.25) is 0 Å². The topological polar surface area (TPSA) is 20.2 Å². The van der Waals surface area contributed by atoms with Crippen molar-refractivity contribution in [2.45, 2.75) is 80.3 Å². The highest BCUT2D eigenvalue weighted by Crippen LogP contribution is 2.41. The van der Waals surface area contributed by atoms with Crippen molar-refractivity contribution in [2.75, 3.05) is 0 Å². The van der Waals surface area contributed by atoms with E-state index in [4.69, 9.17) is 0 Å². The van der Waals surface area contributed by atoms with Gasteiger partial charge in [0, 0.05) is 0 Å². The summed E-state index contributed by atoms with van der Waals surface area (Å²) in [5, 5.41) is 10.1. The lowest BCUT2D eigenvalue weighted by atomic mass is 9.68. The minimum Gasteiger partial charge on any atom is -0.390 e. The van der Waals surface area contributed by atoms with Crippen molar-refractivity contribution < 1.29 is 5.11 Å². The lowest BCUT2D eigenvalue weighted by Crippen LogP contribution is -2.37. The van der Waals surface area contributed by atoms with Gasteiger partial charge in [-0.1, -0.05) is 41.5 Å². The van der Waals surface area contributed by atoms with E-state index in [2.05, 4.69) is 13.8 Å². The van der Waals surface area contributed by atoms with Crippen LogP contribution in [0.2, 0.25) is 0 Å². The third-order valence-electron chi connectivity index (χ3n) is 4.06. The van der Waals surface area contributed by atoms with Gasteiger partial charge in [0.1, 0.15) is 0 Å². The smallest absolute Gasteiger partial charge is 0.0620 e. The highest BCUT2D eigenvalue weighted by Gasteiger charge is 2.35. The van der Waals surface area contributed by atoms with E-state index < -0.39 is 5.60 Å². The predicted octanol–water partition coefficient (Wildman–Crippen LogP) is 4.88. The quantitative estimate of drug-likeness (QED) is 0.732. The fourth-order valence-electron chi connectivity index (χ4n) is 2.81. The maximum Gasteiger partial charge on any atom is 0.0620 e. The van der Waals surface area contributed by atoms with E-state index in [9.17, 15) is 5.11 Å². The standard InChI is InChI=1S/C13H26O.2CH4/c1-5-10-7-11(6-2)9-12(8-10)13(3,4)14;;/h10-12,14H,5-9H2,1-4H3;2*1H4. The average Bonchev–Trinajstić information content (AvgIpc) is 2.15. The average molecular weight is 230 g/mol. The predicted molar refractivity (Wildman–Crippen MR) is 74.7 cm³/mol. The number of rotatable bonds is 3. The zero-order valence-electron chi connectivity index (χ0n) is 10.2. The van der Waals surface area contributed by atoms with Gasteiger partial charge in [0.05, 0.1) is 5.60 Å². The highest BCUT2D eigenvalue weighted by atomic mass is 16.3. The molecule has 2 atom stereocenters. The normalized spacial score (nSPS) is 30.2. The summed E-state index contributed by atoms with van der Waals surface area (Å²) in [5.41, 5.74) is -0.471. The Labute approximate surface area is 104 Å². The number of aliphatic hydroxyl groups is 1. The third kappa shape index (κ3) is 4.86. The summed E-state index contributed by atoms with van der Waals surface area (Å²) < 4.78 is 0. The summed E-state index contributed by atoms with van der Waals surface area (Å²) in [7, 11) is 0. The molecule has 100 valence electrons. The lowest BCUT2D eigenvalue weighted by molar-refractivity contribution is -0.0229. The minimum absolute atomic E-state index is 0. The fraction of sp³-hybridized carbons (Fsp3) is 1.00. The van der Waals surface area contributed by atoms with Crippen LogP contribution >= 0.6 is 0 Å². The van der Waals surface area contributed by atoms with E-state index in [1.807, 2.05) is 13.8 Å². The van der Waals surface area contributed by atoms with Gasteiger partial charge in [0.15, 0.2) is 0 Å². The SMILES string of the molecule is C.C.CCC1CC(CC)CC(C(C)(C)O)C1. The molecule has 1 heteroatoms. The second-order valence-electron chi connectivity index (χ2n) is 5.61. The molecule has 1 nitrogen and oxygen atoms in total. The number of hydrogen-bond acceptors (Lipinski definition) is 1. The maximum atomic E-state index is 10.1. The van der Waals surface area contributed by atoms with Crippen molar-refractivity contribution >= 4 is 0 Å². The van der Waals surface area contributed by atoms with Gasteiger partial charge in [-0.15, -0.1) is 0 Å². The molecule has 0 aromatic carbocycles. The van der Waals surface area contributed by atoms with Crippen LogP contribution in [0.15, 0.2) is 0 Å². The van der Waals surface area contributed by atoms with Gasteiger partial charge < -0.3 is 5.11 Å². The molecule has 0 heterocycles. The maximum absolute atomic E-state index is 10.1. The molecule has 16 heavy (non-hydrogen) atoms. The van der Waals surface area contributed by atoms with Gasteiger partial charge in [-0.05, 0) is 50.9 Å². The molecule has 1 N–H and O–H groups in total. The molecule has 0 radical (unpaired) electrons. The first-order valence-electron chi connectivity index (χ1n) is 6.19. The summed E-state index contributed by atoms with van der Waals surface area (Å²) in [5.74, 6) is 2.22. The number of hydrogen-bond donors (Lipinski definition) is 1. The molecule has 0 bridgehead atoms. The first kappa shape index (κ1) is 18.3. The Morgan fingerprint density at radius 1 is 0.938 bits per heavy atom. The second kappa shape index (κ2) is 7.32. The summed E-state index contributed by atoms with van der Waals surface area (Å²) in [6.45, 7) is 8.51. The molecule has 0 aliphatic heterocycles. The fourth-order valence-corrected chi connectivity index (χ4v) is 2.81. The second-order valence-corrected chi connectivity index (χ2v) is 5.61. The molecule has 0 saturated heterocycles. The molecule has 2 unspecified atom stereocenters. The molecular formula is C15H34O. The summed E-state index contributed by atoms with van der Waals surface area (Å²) in [4.78, 5) is 0. The van der Waals surface area contributed by atoms with E-state index >= 15 is 0 Å². The third-order valence-corrected chi connectivity index (χ3v) is 4.06. The van der Waals surface area contributed by atoms with Crippen LogP contribution in [0, 0.1) is 17.8 Å². The Hall–Kier alpha value is -0.0400. The molecule has 1 aliphatic carbocycles. The first-order valence-corrected chi connectivity index (χ1v) is 6.19. The monoisotopic (exact) mass is 230 g/mol. The summed E-state index contributed by atoms with van der Waals surface area (Å²) >= 11 is 0. The Bertz CT molecular complexity index is 157. The highest BCUT2D eigenvalue weighted by molar-refractivity contribution is 4.86. The van der Waals surface area contributed by atoms with Crippen molar-refractivity contribution in [3.8, 4) is 0 Å². The van der Waals surface area contributed by atoms with E-state index in [1.165, 1.54) is 32.1 Å². The molecule has 1 fully saturated rings. The van der Waals surface area contributed by atoms with Crippen molar-refractivity contribution in [2.24, 2.45) is 17.8 Å². The van der Waals surface area contributed by atoms with Crippen LogP contribution in [0.25, 0.3) is 0 Å². The molecule has 1 rings (SSSR count). The van der Waals surface area contributed by atoms with Crippen molar-refractivity contribution in [1.29, 1.82) is 0 Å². The van der Waals surface area contributed by atoms with Crippen LogP contribution in [-0.2, 0) is 0 Å². The summed E-state index contributed by atoms with van der Waals surface area (Å²) in [6.07, 6.45) is 6.42. The van der Waals surface area contributed by atoms with E-state index in [1.54, 1.807) is 0 Å².